The Morgan fingerprint density at radius 1 is 1.61 bits per heavy atom. The fraction of sp³-hybridized carbons (Fsp3) is 0.417. The van der Waals surface area contributed by atoms with E-state index in [0.29, 0.717) is 17.8 Å². The standard InChI is InChI=1S/C12H16N4O2/c1-7(13)3-4-14-11(17)9-5-10-8(2)16-18-12(10)15-6-9/h5-7H,3-4,13H2,1-2H3,(H,14,17). The van der Waals surface area contributed by atoms with Crippen LogP contribution >= 0.6 is 0 Å². The van der Waals surface area contributed by atoms with Gasteiger partial charge >= 0.3 is 0 Å². The number of nitrogens with one attached hydrogen (secondary N) is 1. The number of fused-ring (bicyclic) bond motifs is 1. The van der Waals surface area contributed by atoms with Gasteiger partial charge in [0.2, 0.25) is 0 Å². The van der Waals surface area contributed by atoms with E-state index >= 15 is 0 Å². The highest BCUT2D eigenvalue weighted by Gasteiger charge is 2.11. The zero-order valence-electron chi connectivity index (χ0n) is 10.4. The molecule has 18 heavy (non-hydrogen) atoms. The van der Waals surface area contributed by atoms with E-state index in [4.69, 9.17) is 10.3 Å². The number of carbonyl (C=O) groups is 1. The van der Waals surface area contributed by atoms with E-state index in [1.54, 1.807) is 6.07 Å². The summed E-state index contributed by atoms with van der Waals surface area (Å²) in [5, 5.41) is 7.35. The molecule has 2 rings (SSSR count). The lowest BCUT2D eigenvalue weighted by Crippen LogP contribution is -2.28. The molecule has 3 N–H and O–H groups in total. The van der Waals surface area contributed by atoms with E-state index in [0.717, 1.165) is 17.5 Å². The van der Waals surface area contributed by atoms with Gasteiger partial charge < -0.3 is 15.6 Å². The predicted octanol–water partition coefficient (Wildman–Crippen LogP) is 0.998. The molecule has 1 amide bonds. The van der Waals surface area contributed by atoms with Crippen molar-refractivity contribution in [2.45, 2.75) is 26.3 Å². The maximum absolute atomic E-state index is 11.9. The van der Waals surface area contributed by atoms with Gasteiger partial charge in [-0.05, 0) is 26.3 Å². The summed E-state index contributed by atoms with van der Waals surface area (Å²) in [5.41, 5.74) is 7.28. The van der Waals surface area contributed by atoms with Gasteiger partial charge in [0.05, 0.1) is 16.6 Å². The Kier molecular flexibility index (Phi) is 3.57. The molecule has 6 heteroatoms. The van der Waals surface area contributed by atoms with Crippen LogP contribution in [0.1, 0.15) is 29.4 Å². The highest BCUT2D eigenvalue weighted by molar-refractivity contribution is 5.96. The molecular formula is C12H16N4O2. The van der Waals surface area contributed by atoms with Crippen molar-refractivity contribution < 1.29 is 9.32 Å². The van der Waals surface area contributed by atoms with Gasteiger partial charge in [0.1, 0.15) is 0 Å². The molecule has 0 aliphatic carbocycles. The normalized spacial score (nSPS) is 12.6. The van der Waals surface area contributed by atoms with Gasteiger partial charge in [-0.2, -0.15) is 0 Å². The molecule has 0 aromatic carbocycles. The number of aryl methyl sites for hydroxylation is 1. The first kappa shape index (κ1) is 12.5. The number of aromatic nitrogens is 2. The van der Waals surface area contributed by atoms with Crippen LogP contribution in [0.5, 0.6) is 0 Å². The number of rotatable bonds is 4. The molecule has 6 nitrogen and oxygen atoms in total. The molecule has 96 valence electrons. The van der Waals surface area contributed by atoms with Crippen molar-refractivity contribution in [1.82, 2.24) is 15.5 Å². The lowest BCUT2D eigenvalue weighted by atomic mass is 10.2. The first-order chi connectivity index (χ1) is 8.58. The number of hydrogen-bond donors (Lipinski definition) is 2. The van der Waals surface area contributed by atoms with E-state index in [1.807, 2.05) is 13.8 Å². The fourth-order valence-corrected chi connectivity index (χ4v) is 1.58. The predicted molar refractivity (Wildman–Crippen MR) is 67.1 cm³/mol. The third-order valence-electron chi connectivity index (χ3n) is 2.66. The van der Waals surface area contributed by atoms with Crippen LogP contribution < -0.4 is 11.1 Å². The van der Waals surface area contributed by atoms with Crippen LogP contribution in [0.4, 0.5) is 0 Å². The van der Waals surface area contributed by atoms with Crippen molar-refractivity contribution in [3.8, 4) is 0 Å². The van der Waals surface area contributed by atoms with Gasteiger partial charge in [-0.25, -0.2) is 4.98 Å². The Hall–Kier alpha value is -1.95. The van der Waals surface area contributed by atoms with Crippen LogP contribution in [0.25, 0.3) is 11.1 Å². The Labute approximate surface area is 105 Å². The highest BCUT2D eigenvalue weighted by Crippen LogP contribution is 2.16. The summed E-state index contributed by atoms with van der Waals surface area (Å²) >= 11 is 0. The van der Waals surface area contributed by atoms with Crippen molar-refractivity contribution in [1.29, 1.82) is 0 Å². The number of carbonyl (C=O) groups excluding carboxylic acids is 1. The molecule has 0 saturated carbocycles. The van der Waals surface area contributed by atoms with Crippen molar-refractivity contribution in [3.63, 3.8) is 0 Å². The monoisotopic (exact) mass is 248 g/mol. The van der Waals surface area contributed by atoms with Crippen LogP contribution in [0.15, 0.2) is 16.8 Å². The molecule has 1 atom stereocenters. The molecule has 2 heterocycles. The number of hydrogen-bond acceptors (Lipinski definition) is 5. The molecule has 0 bridgehead atoms. The van der Waals surface area contributed by atoms with Crippen LogP contribution in [-0.4, -0.2) is 28.6 Å². The lowest BCUT2D eigenvalue weighted by molar-refractivity contribution is 0.0952. The van der Waals surface area contributed by atoms with Crippen LogP contribution in [0.3, 0.4) is 0 Å². The summed E-state index contributed by atoms with van der Waals surface area (Å²) < 4.78 is 4.99. The smallest absolute Gasteiger partial charge is 0.257 e. The molecular weight excluding hydrogens is 232 g/mol. The van der Waals surface area contributed by atoms with Crippen LogP contribution in [-0.2, 0) is 0 Å². The Morgan fingerprint density at radius 3 is 3.11 bits per heavy atom. The summed E-state index contributed by atoms with van der Waals surface area (Å²) in [4.78, 5) is 15.9. The topological polar surface area (TPSA) is 94.0 Å². The minimum atomic E-state index is -0.161. The second-order valence-corrected chi connectivity index (χ2v) is 4.37. The largest absolute Gasteiger partial charge is 0.352 e. The molecule has 0 fully saturated rings. The van der Waals surface area contributed by atoms with Gasteiger partial charge in [-0.15, -0.1) is 0 Å². The quantitative estimate of drug-likeness (QED) is 0.841. The fourth-order valence-electron chi connectivity index (χ4n) is 1.58. The second kappa shape index (κ2) is 5.14. The number of pyridine rings is 1. The Bertz CT molecular complexity index is 562. The van der Waals surface area contributed by atoms with Gasteiger partial charge in [-0.1, -0.05) is 5.16 Å². The maximum Gasteiger partial charge on any atom is 0.257 e. The second-order valence-electron chi connectivity index (χ2n) is 4.37. The Balaban J connectivity index is 2.10. The first-order valence-electron chi connectivity index (χ1n) is 5.83. The molecule has 2 aromatic heterocycles. The molecule has 2 aromatic rings. The SMILES string of the molecule is Cc1noc2ncc(C(=O)NCCC(C)N)cc12. The minimum absolute atomic E-state index is 0.0752. The van der Waals surface area contributed by atoms with Crippen LogP contribution in [0.2, 0.25) is 0 Å². The molecule has 0 spiro atoms. The zero-order valence-corrected chi connectivity index (χ0v) is 10.4. The van der Waals surface area contributed by atoms with Crippen molar-refractivity contribution in [3.05, 3.63) is 23.5 Å². The van der Waals surface area contributed by atoms with Gasteiger partial charge in [0.25, 0.3) is 11.6 Å². The highest BCUT2D eigenvalue weighted by atomic mass is 16.5. The van der Waals surface area contributed by atoms with Crippen molar-refractivity contribution in [2.75, 3.05) is 6.54 Å². The summed E-state index contributed by atoms with van der Waals surface area (Å²) in [5.74, 6) is -0.161. The average Bonchev–Trinajstić information content (AvgIpc) is 2.70. The number of nitrogens with zero attached hydrogens (tertiary/aromatic N) is 2. The molecule has 0 aliphatic heterocycles. The summed E-state index contributed by atoms with van der Waals surface area (Å²) in [6.45, 7) is 4.27. The minimum Gasteiger partial charge on any atom is -0.352 e. The molecule has 0 saturated heterocycles. The van der Waals surface area contributed by atoms with E-state index in [-0.39, 0.29) is 11.9 Å². The van der Waals surface area contributed by atoms with E-state index < -0.39 is 0 Å². The molecule has 1 unspecified atom stereocenters. The van der Waals surface area contributed by atoms with E-state index in [1.165, 1.54) is 6.20 Å². The maximum atomic E-state index is 11.9. The zero-order chi connectivity index (χ0) is 13.1. The van der Waals surface area contributed by atoms with Gasteiger partial charge in [-0.3, -0.25) is 4.79 Å². The van der Waals surface area contributed by atoms with Crippen LogP contribution in [0, 0.1) is 6.92 Å². The lowest BCUT2D eigenvalue weighted by Gasteiger charge is -2.06. The summed E-state index contributed by atoms with van der Waals surface area (Å²) in [6.07, 6.45) is 2.22. The van der Waals surface area contributed by atoms with E-state index in [9.17, 15) is 4.79 Å². The third-order valence-corrected chi connectivity index (χ3v) is 2.66. The van der Waals surface area contributed by atoms with Crippen molar-refractivity contribution >= 4 is 17.0 Å². The summed E-state index contributed by atoms with van der Waals surface area (Å²) in [6, 6.07) is 1.81. The first-order valence-corrected chi connectivity index (χ1v) is 5.83. The van der Waals surface area contributed by atoms with E-state index in [2.05, 4.69) is 15.5 Å². The van der Waals surface area contributed by atoms with Gasteiger partial charge in [0.15, 0.2) is 0 Å². The molecule has 0 aliphatic rings. The van der Waals surface area contributed by atoms with Crippen molar-refractivity contribution in [2.24, 2.45) is 5.73 Å². The average molecular weight is 248 g/mol. The molecule has 0 radical (unpaired) electrons. The van der Waals surface area contributed by atoms with Gasteiger partial charge in [0, 0.05) is 18.8 Å². The third kappa shape index (κ3) is 2.65. The number of nitrogens with two attached hydrogens (primary N) is 1. The summed E-state index contributed by atoms with van der Waals surface area (Å²) in [7, 11) is 0. The number of amides is 1. The Morgan fingerprint density at radius 2 is 2.39 bits per heavy atom.